The maximum absolute atomic E-state index is 13.1. The third kappa shape index (κ3) is 2.49. The predicted octanol–water partition coefficient (Wildman–Crippen LogP) is 1.84. The van der Waals surface area contributed by atoms with Gasteiger partial charge in [0.2, 0.25) is 0 Å². The third-order valence-electron chi connectivity index (χ3n) is 4.98. The van der Waals surface area contributed by atoms with E-state index in [1.165, 1.54) is 0 Å². The van der Waals surface area contributed by atoms with Crippen LogP contribution in [0.1, 0.15) is 17.0 Å². The first kappa shape index (κ1) is 16.2. The average molecular weight is 330 g/mol. The number of sulfone groups is 1. The van der Waals surface area contributed by atoms with Gasteiger partial charge in [-0.3, -0.25) is 0 Å². The highest BCUT2D eigenvalue weighted by Crippen LogP contribution is 2.62. The Hall–Kier alpha value is -1.69. The van der Waals surface area contributed by atoms with E-state index in [1.54, 1.807) is 24.3 Å². The van der Waals surface area contributed by atoms with E-state index < -0.39 is 20.5 Å². The van der Waals surface area contributed by atoms with E-state index in [4.69, 9.17) is 11.5 Å². The summed E-state index contributed by atoms with van der Waals surface area (Å²) in [6, 6.07) is 16.5. The predicted molar refractivity (Wildman–Crippen MR) is 91.9 cm³/mol. The molecule has 3 rings (SSSR count). The van der Waals surface area contributed by atoms with Crippen LogP contribution >= 0.6 is 0 Å². The second-order valence-electron chi connectivity index (χ2n) is 6.31. The lowest BCUT2D eigenvalue weighted by atomic mass is 9.99. The van der Waals surface area contributed by atoms with Crippen LogP contribution in [-0.4, -0.2) is 26.8 Å². The van der Waals surface area contributed by atoms with Crippen molar-refractivity contribution in [1.82, 2.24) is 0 Å². The summed E-state index contributed by atoms with van der Waals surface area (Å²) in [6.07, 6.45) is 0. The van der Waals surface area contributed by atoms with Crippen molar-refractivity contribution in [2.75, 3.05) is 13.1 Å². The summed E-state index contributed by atoms with van der Waals surface area (Å²) in [5, 5.41) is -0.560. The van der Waals surface area contributed by atoms with Crippen LogP contribution in [0.5, 0.6) is 0 Å². The van der Waals surface area contributed by atoms with Crippen LogP contribution in [0.3, 0.4) is 0 Å². The van der Waals surface area contributed by atoms with Crippen molar-refractivity contribution in [2.45, 2.75) is 23.0 Å². The molecule has 1 aliphatic rings. The fourth-order valence-corrected chi connectivity index (χ4v) is 6.04. The van der Waals surface area contributed by atoms with Crippen molar-refractivity contribution in [3.63, 3.8) is 0 Å². The molecular formula is C18H22N2O2S. The first-order valence-corrected chi connectivity index (χ1v) is 9.27. The van der Waals surface area contributed by atoms with Gasteiger partial charge < -0.3 is 11.5 Å². The molecular weight excluding hydrogens is 308 g/mol. The maximum Gasteiger partial charge on any atom is 0.182 e. The van der Waals surface area contributed by atoms with E-state index >= 15 is 0 Å². The second kappa shape index (κ2) is 5.74. The summed E-state index contributed by atoms with van der Waals surface area (Å²) in [4.78, 5) is 0.339. The zero-order chi connectivity index (χ0) is 16.7. The van der Waals surface area contributed by atoms with Crippen LogP contribution in [0.15, 0.2) is 59.5 Å². The highest BCUT2D eigenvalue weighted by atomic mass is 32.2. The molecule has 2 aromatic carbocycles. The summed E-state index contributed by atoms with van der Waals surface area (Å²) < 4.78 is 26.1. The Morgan fingerprint density at radius 1 is 0.957 bits per heavy atom. The Bertz CT molecular complexity index is 782. The summed E-state index contributed by atoms with van der Waals surface area (Å²) in [5.41, 5.74) is 13.5. The summed E-state index contributed by atoms with van der Waals surface area (Å²) in [7, 11) is -3.47. The van der Waals surface area contributed by atoms with Crippen LogP contribution in [0.4, 0.5) is 0 Å². The Kier molecular flexibility index (Phi) is 4.04. The number of rotatable bonds is 5. The molecule has 0 aromatic heterocycles. The molecule has 5 heteroatoms. The van der Waals surface area contributed by atoms with Gasteiger partial charge in [0.25, 0.3) is 0 Å². The summed E-state index contributed by atoms with van der Waals surface area (Å²) >= 11 is 0. The smallest absolute Gasteiger partial charge is 0.182 e. The molecule has 4 N–H and O–H groups in total. The zero-order valence-electron chi connectivity index (χ0n) is 13.1. The van der Waals surface area contributed by atoms with Crippen LogP contribution < -0.4 is 11.5 Å². The molecule has 0 aliphatic heterocycles. The number of aryl methyl sites for hydroxylation is 1. The standard InChI is InChI=1S/C18H22N2O2S/c1-13-7-9-14(10-8-13)16-17(18(16,11-19)12-20)23(21,22)15-5-3-2-4-6-15/h2-10,16-17H,11-12,19-20H2,1H3/t16-,17+/m1/s1. The van der Waals surface area contributed by atoms with Gasteiger partial charge in [-0.1, -0.05) is 48.0 Å². The molecule has 0 heterocycles. The van der Waals surface area contributed by atoms with Crippen molar-refractivity contribution in [3.05, 3.63) is 65.7 Å². The average Bonchev–Trinajstić information content (AvgIpc) is 3.27. The number of hydrogen-bond donors (Lipinski definition) is 2. The van der Waals surface area contributed by atoms with Crippen molar-refractivity contribution in [1.29, 1.82) is 0 Å². The molecule has 1 fully saturated rings. The molecule has 23 heavy (non-hydrogen) atoms. The number of nitrogens with two attached hydrogens (primary N) is 2. The Morgan fingerprint density at radius 3 is 2.04 bits per heavy atom. The van der Waals surface area contributed by atoms with E-state index in [2.05, 4.69) is 0 Å². The Balaban J connectivity index is 2.05. The largest absolute Gasteiger partial charge is 0.330 e. The van der Waals surface area contributed by atoms with Gasteiger partial charge in [0.05, 0.1) is 10.1 Å². The molecule has 0 unspecified atom stereocenters. The second-order valence-corrected chi connectivity index (χ2v) is 8.38. The zero-order valence-corrected chi connectivity index (χ0v) is 14.0. The molecule has 0 bridgehead atoms. The van der Waals surface area contributed by atoms with Crippen LogP contribution in [0.2, 0.25) is 0 Å². The van der Waals surface area contributed by atoms with Crippen molar-refractivity contribution < 1.29 is 8.42 Å². The molecule has 0 amide bonds. The van der Waals surface area contributed by atoms with Crippen LogP contribution in [0.25, 0.3) is 0 Å². The highest BCUT2D eigenvalue weighted by molar-refractivity contribution is 7.92. The van der Waals surface area contributed by atoms with Gasteiger partial charge in [0.1, 0.15) is 0 Å². The fourth-order valence-electron chi connectivity index (χ4n) is 3.55. The van der Waals surface area contributed by atoms with Crippen LogP contribution in [-0.2, 0) is 9.84 Å². The highest BCUT2D eigenvalue weighted by Gasteiger charge is 2.69. The fraction of sp³-hybridized carbons (Fsp3) is 0.333. The van der Waals surface area contributed by atoms with Crippen molar-refractivity contribution in [2.24, 2.45) is 16.9 Å². The van der Waals surface area contributed by atoms with E-state index in [-0.39, 0.29) is 19.0 Å². The minimum Gasteiger partial charge on any atom is -0.330 e. The molecule has 1 aliphatic carbocycles. The molecule has 0 radical (unpaired) electrons. The monoisotopic (exact) mass is 330 g/mol. The first-order valence-electron chi connectivity index (χ1n) is 7.73. The Morgan fingerprint density at radius 2 is 1.52 bits per heavy atom. The van der Waals surface area contributed by atoms with Gasteiger partial charge in [0, 0.05) is 24.4 Å². The van der Waals surface area contributed by atoms with E-state index in [1.807, 2.05) is 37.3 Å². The molecule has 4 nitrogen and oxygen atoms in total. The van der Waals surface area contributed by atoms with Gasteiger partial charge in [-0.25, -0.2) is 8.42 Å². The van der Waals surface area contributed by atoms with Gasteiger partial charge in [-0.2, -0.15) is 0 Å². The molecule has 0 spiro atoms. The molecule has 2 aromatic rings. The lowest BCUT2D eigenvalue weighted by Crippen LogP contribution is -2.31. The third-order valence-corrected chi connectivity index (χ3v) is 7.32. The number of hydrogen-bond acceptors (Lipinski definition) is 4. The van der Waals surface area contributed by atoms with Gasteiger partial charge in [-0.05, 0) is 24.6 Å². The van der Waals surface area contributed by atoms with Crippen molar-refractivity contribution in [3.8, 4) is 0 Å². The van der Waals surface area contributed by atoms with Crippen molar-refractivity contribution >= 4 is 9.84 Å². The maximum atomic E-state index is 13.1. The lowest BCUT2D eigenvalue weighted by molar-refractivity contribution is 0.510. The summed E-state index contributed by atoms with van der Waals surface area (Å²) in [5.74, 6) is -0.150. The molecule has 1 saturated carbocycles. The number of benzene rings is 2. The topological polar surface area (TPSA) is 86.2 Å². The van der Waals surface area contributed by atoms with Gasteiger partial charge in [0.15, 0.2) is 9.84 Å². The van der Waals surface area contributed by atoms with E-state index in [0.29, 0.717) is 4.90 Å². The SMILES string of the molecule is Cc1ccc([C@@H]2[C@H](S(=O)(=O)c3ccccc3)C2(CN)CN)cc1. The molecule has 0 saturated heterocycles. The quantitative estimate of drug-likeness (QED) is 0.876. The minimum absolute atomic E-state index is 0.150. The van der Waals surface area contributed by atoms with Gasteiger partial charge in [-0.15, -0.1) is 0 Å². The Labute approximate surface area is 137 Å². The molecule has 2 atom stereocenters. The summed E-state index contributed by atoms with van der Waals surface area (Å²) in [6.45, 7) is 2.53. The molecule has 122 valence electrons. The van der Waals surface area contributed by atoms with E-state index in [0.717, 1.165) is 11.1 Å². The lowest BCUT2D eigenvalue weighted by Gasteiger charge is -2.13. The van der Waals surface area contributed by atoms with Crippen LogP contribution in [0, 0.1) is 12.3 Å². The first-order chi connectivity index (χ1) is 11.0. The van der Waals surface area contributed by atoms with E-state index in [9.17, 15) is 8.42 Å². The minimum atomic E-state index is -3.47. The van der Waals surface area contributed by atoms with Gasteiger partial charge >= 0.3 is 0 Å². The normalized spacial score (nSPS) is 22.7.